The summed E-state index contributed by atoms with van der Waals surface area (Å²) >= 11 is 0. The van der Waals surface area contributed by atoms with Gasteiger partial charge >= 0.3 is 5.97 Å². The highest BCUT2D eigenvalue weighted by molar-refractivity contribution is 5.82. The number of nitrogens with zero attached hydrogens (tertiary/aromatic N) is 3. The Hall–Kier alpha value is -1.22. The van der Waals surface area contributed by atoms with Crippen LogP contribution in [0, 0.1) is 0 Å². The van der Waals surface area contributed by atoms with E-state index in [0.29, 0.717) is 13.0 Å². The Labute approximate surface area is 57.6 Å². The lowest BCUT2D eigenvalue weighted by Crippen LogP contribution is -2.26. The summed E-state index contributed by atoms with van der Waals surface area (Å²) in [4.78, 5) is 13.4. The molecular weight excluding hydrogens is 134 g/mol. The molecule has 1 rings (SSSR count). The van der Waals surface area contributed by atoms with E-state index in [1.54, 1.807) is 6.92 Å². The predicted molar refractivity (Wildman–Crippen MR) is 33.1 cm³/mol. The highest BCUT2D eigenvalue weighted by Crippen LogP contribution is 2.23. The highest BCUT2D eigenvalue weighted by atomic mass is 16.5. The van der Waals surface area contributed by atoms with Crippen LogP contribution in [0.15, 0.2) is 5.11 Å². The van der Waals surface area contributed by atoms with Gasteiger partial charge in [-0.2, -0.15) is 0 Å². The average Bonchev–Trinajstić information content (AvgIpc) is 2.15. The molecule has 1 atom stereocenters. The van der Waals surface area contributed by atoms with Crippen molar-refractivity contribution >= 4 is 5.97 Å². The topological polar surface area (TPSA) is 75.1 Å². The van der Waals surface area contributed by atoms with E-state index in [0.717, 1.165) is 0 Å². The van der Waals surface area contributed by atoms with Crippen LogP contribution in [0.4, 0.5) is 0 Å². The zero-order valence-electron chi connectivity index (χ0n) is 5.57. The van der Waals surface area contributed by atoms with Crippen molar-refractivity contribution in [1.82, 2.24) is 0 Å². The fraction of sp³-hybridized carbons (Fsp3) is 0.800. The molecule has 54 valence electrons. The minimum absolute atomic E-state index is 0.356. The Morgan fingerprint density at radius 3 is 3.00 bits per heavy atom. The molecule has 0 radical (unpaired) electrons. The molecule has 0 N–H and O–H groups in total. The molecule has 0 unspecified atom stereocenters. The van der Waals surface area contributed by atoms with E-state index in [9.17, 15) is 4.79 Å². The Morgan fingerprint density at radius 2 is 2.60 bits per heavy atom. The van der Waals surface area contributed by atoms with Crippen molar-refractivity contribution in [2.75, 3.05) is 6.61 Å². The molecule has 1 aliphatic rings. The lowest BCUT2D eigenvalue weighted by Gasteiger charge is -2.08. The van der Waals surface area contributed by atoms with Gasteiger partial charge in [0.05, 0.1) is 6.61 Å². The first-order chi connectivity index (χ1) is 4.69. The van der Waals surface area contributed by atoms with Gasteiger partial charge in [-0.05, 0) is 12.5 Å². The van der Waals surface area contributed by atoms with Crippen molar-refractivity contribution in [3.8, 4) is 0 Å². The van der Waals surface area contributed by atoms with Crippen LogP contribution in [-0.2, 0) is 9.53 Å². The predicted octanol–water partition coefficient (Wildman–Crippen LogP) is 1.00. The molecular formula is C5H7N3O2. The van der Waals surface area contributed by atoms with E-state index < -0.39 is 11.5 Å². The Kier molecular flexibility index (Phi) is 1.51. The zero-order valence-corrected chi connectivity index (χ0v) is 5.57. The Balaban J connectivity index is 2.85. The number of cyclic esters (lactones) is 1. The van der Waals surface area contributed by atoms with Gasteiger partial charge in [0.25, 0.3) is 0 Å². The highest BCUT2D eigenvalue weighted by Gasteiger charge is 2.39. The van der Waals surface area contributed by atoms with E-state index >= 15 is 0 Å². The molecule has 0 aromatic carbocycles. The third-order valence-corrected chi connectivity index (χ3v) is 1.53. The lowest BCUT2D eigenvalue weighted by atomic mass is 10.0. The first-order valence-electron chi connectivity index (χ1n) is 2.92. The van der Waals surface area contributed by atoms with E-state index in [-0.39, 0.29) is 0 Å². The van der Waals surface area contributed by atoms with Crippen molar-refractivity contribution in [1.29, 1.82) is 0 Å². The summed E-state index contributed by atoms with van der Waals surface area (Å²) in [6.45, 7) is 1.93. The van der Waals surface area contributed by atoms with E-state index in [4.69, 9.17) is 5.53 Å². The third kappa shape index (κ3) is 0.910. The molecule has 0 saturated carbocycles. The van der Waals surface area contributed by atoms with Gasteiger partial charge in [0.2, 0.25) is 0 Å². The summed E-state index contributed by atoms with van der Waals surface area (Å²) in [6.07, 6.45) is 0.482. The quantitative estimate of drug-likeness (QED) is 0.236. The van der Waals surface area contributed by atoms with Gasteiger partial charge < -0.3 is 4.74 Å². The molecule has 1 aliphatic heterocycles. The lowest BCUT2D eigenvalue weighted by molar-refractivity contribution is -0.141. The van der Waals surface area contributed by atoms with Crippen molar-refractivity contribution < 1.29 is 9.53 Å². The third-order valence-electron chi connectivity index (χ3n) is 1.53. The smallest absolute Gasteiger partial charge is 0.317 e. The van der Waals surface area contributed by atoms with Crippen LogP contribution >= 0.6 is 0 Å². The minimum atomic E-state index is -0.950. The zero-order chi connectivity index (χ0) is 7.61. The molecule has 0 amide bonds. The molecule has 0 aromatic rings. The summed E-state index contributed by atoms with van der Waals surface area (Å²) < 4.78 is 4.62. The molecule has 10 heavy (non-hydrogen) atoms. The van der Waals surface area contributed by atoms with Crippen LogP contribution in [-0.4, -0.2) is 18.1 Å². The van der Waals surface area contributed by atoms with Gasteiger partial charge in [-0.3, -0.25) is 4.79 Å². The fourth-order valence-corrected chi connectivity index (χ4v) is 0.790. The van der Waals surface area contributed by atoms with Crippen LogP contribution in [0.1, 0.15) is 13.3 Å². The van der Waals surface area contributed by atoms with Crippen LogP contribution in [0.25, 0.3) is 10.4 Å². The van der Waals surface area contributed by atoms with Gasteiger partial charge in [0.15, 0.2) is 0 Å². The second kappa shape index (κ2) is 2.19. The summed E-state index contributed by atoms with van der Waals surface area (Å²) in [5.74, 6) is -0.426. The number of rotatable bonds is 1. The summed E-state index contributed by atoms with van der Waals surface area (Å²) in [7, 11) is 0. The number of azide groups is 1. The molecule has 1 fully saturated rings. The van der Waals surface area contributed by atoms with Gasteiger partial charge in [-0.25, -0.2) is 0 Å². The summed E-state index contributed by atoms with van der Waals surface area (Å²) in [6, 6.07) is 0. The second-order valence-electron chi connectivity index (χ2n) is 2.35. The van der Waals surface area contributed by atoms with Crippen molar-refractivity contribution in [3.05, 3.63) is 10.4 Å². The number of carbonyl (C=O) groups excluding carboxylic acids is 1. The standard InChI is InChI=1S/C5H7N3O2/c1-5(7-8-6)2-3-10-4(5)9/h2-3H2,1H3/t5-/m1/s1. The molecule has 1 heterocycles. The molecule has 5 heteroatoms. The minimum Gasteiger partial charge on any atom is -0.465 e. The first-order valence-corrected chi connectivity index (χ1v) is 2.92. The van der Waals surface area contributed by atoms with Crippen molar-refractivity contribution in [3.63, 3.8) is 0 Å². The second-order valence-corrected chi connectivity index (χ2v) is 2.35. The van der Waals surface area contributed by atoms with Gasteiger partial charge in [-0.1, -0.05) is 5.11 Å². The maximum absolute atomic E-state index is 10.8. The maximum atomic E-state index is 10.8. The monoisotopic (exact) mass is 141 g/mol. The molecule has 1 saturated heterocycles. The Morgan fingerprint density at radius 1 is 1.90 bits per heavy atom. The number of carbonyl (C=O) groups is 1. The summed E-state index contributed by atoms with van der Waals surface area (Å²) in [5.41, 5.74) is 7.11. The van der Waals surface area contributed by atoms with E-state index in [1.165, 1.54) is 0 Å². The molecule has 0 bridgehead atoms. The maximum Gasteiger partial charge on any atom is 0.317 e. The summed E-state index contributed by atoms with van der Waals surface area (Å²) in [5, 5.41) is 3.34. The van der Waals surface area contributed by atoms with Crippen LogP contribution in [0.5, 0.6) is 0 Å². The van der Waals surface area contributed by atoms with Gasteiger partial charge in [-0.15, -0.1) is 0 Å². The normalized spacial score (nSPS) is 31.1. The molecule has 0 aromatic heterocycles. The number of esters is 1. The van der Waals surface area contributed by atoms with E-state index in [2.05, 4.69) is 14.8 Å². The molecule has 5 nitrogen and oxygen atoms in total. The SMILES string of the molecule is C[C@@]1(N=[N+]=[N-])CCOC1=O. The average molecular weight is 141 g/mol. The van der Waals surface area contributed by atoms with Crippen LogP contribution in [0.2, 0.25) is 0 Å². The van der Waals surface area contributed by atoms with Crippen LogP contribution in [0.3, 0.4) is 0 Å². The molecule has 0 spiro atoms. The van der Waals surface area contributed by atoms with E-state index in [1.807, 2.05) is 0 Å². The molecule has 0 aliphatic carbocycles. The first kappa shape index (κ1) is 6.89. The van der Waals surface area contributed by atoms with Crippen LogP contribution < -0.4 is 0 Å². The largest absolute Gasteiger partial charge is 0.465 e. The van der Waals surface area contributed by atoms with Gasteiger partial charge in [0, 0.05) is 11.3 Å². The van der Waals surface area contributed by atoms with Gasteiger partial charge in [0.1, 0.15) is 5.54 Å². The fourth-order valence-electron chi connectivity index (χ4n) is 0.790. The Bertz CT molecular complexity index is 209. The number of hydrogen-bond acceptors (Lipinski definition) is 3. The van der Waals surface area contributed by atoms with Crippen molar-refractivity contribution in [2.45, 2.75) is 18.9 Å². The number of hydrogen-bond donors (Lipinski definition) is 0. The van der Waals surface area contributed by atoms with Crippen molar-refractivity contribution in [2.24, 2.45) is 5.11 Å². The number of ether oxygens (including phenoxy) is 1.